The summed E-state index contributed by atoms with van der Waals surface area (Å²) in [4.78, 5) is 0. The van der Waals surface area contributed by atoms with E-state index in [0.29, 0.717) is 10.7 Å². The second kappa shape index (κ2) is 7.61. The molecule has 1 atom stereocenters. The number of halogens is 4. The van der Waals surface area contributed by atoms with Crippen molar-refractivity contribution in [2.45, 2.75) is 12.5 Å². The molecule has 102 valence electrons. The Hall–Kier alpha value is -0.780. The minimum atomic E-state index is -2.55. The Labute approximate surface area is 114 Å². The van der Waals surface area contributed by atoms with E-state index in [2.05, 4.69) is 5.32 Å². The van der Waals surface area contributed by atoms with Crippen molar-refractivity contribution >= 4 is 28.9 Å². The van der Waals surface area contributed by atoms with Gasteiger partial charge in [0, 0.05) is 11.6 Å². The van der Waals surface area contributed by atoms with Crippen LogP contribution in [0.2, 0.25) is 5.02 Å². The van der Waals surface area contributed by atoms with E-state index >= 15 is 0 Å². The summed E-state index contributed by atoms with van der Waals surface area (Å²) in [5, 5.41) is 12.6. The van der Waals surface area contributed by atoms with Gasteiger partial charge in [0.1, 0.15) is 12.4 Å². The fraction of sp³-hybridized carbons (Fsp3) is 0.455. The monoisotopic (exact) mass is 299 g/mol. The largest absolute Gasteiger partial charge is 0.485 e. The molecule has 0 saturated carbocycles. The SMILES string of the molecule is OC(CCl)CNc1cc(Cl)ccc1OCC(F)F. The van der Waals surface area contributed by atoms with E-state index in [0.717, 1.165) is 0 Å². The zero-order valence-electron chi connectivity index (χ0n) is 9.38. The third-order valence-corrected chi connectivity index (χ3v) is 2.60. The Bertz CT molecular complexity index is 380. The summed E-state index contributed by atoms with van der Waals surface area (Å²) in [6.07, 6.45) is -3.30. The highest BCUT2D eigenvalue weighted by Gasteiger charge is 2.10. The van der Waals surface area contributed by atoms with Crippen LogP contribution < -0.4 is 10.1 Å². The first kappa shape index (κ1) is 15.3. The Morgan fingerprint density at radius 2 is 2.11 bits per heavy atom. The van der Waals surface area contributed by atoms with E-state index in [-0.39, 0.29) is 18.2 Å². The molecule has 0 aliphatic rings. The van der Waals surface area contributed by atoms with Gasteiger partial charge in [-0.1, -0.05) is 11.6 Å². The van der Waals surface area contributed by atoms with Gasteiger partial charge in [0.2, 0.25) is 0 Å². The standard InChI is InChI=1S/C11H13Cl2F2NO2/c12-4-8(17)5-16-9-3-7(13)1-2-10(9)18-6-11(14)15/h1-3,8,11,16-17H,4-6H2. The zero-order chi connectivity index (χ0) is 13.5. The molecule has 18 heavy (non-hydrogen) atoms. The van der Waals surface area contributed by atoms with Crippen LogP contribution in [0.15, 0.2) is 18.2 Å². The predicted molar refractivity (Wildman–Crippen MR) is 68.2 cm³/mol. The zero-order valence-corrected chi connectivity index (χ0v) is 10.9. The lowest BCUT2D eigenvalue weighted by Crippen LogP contribution is -2.21. The van der Waals surface area contributed by atoms with Gasteiger partial charge in [0.15, 0.2) is 0 Å². The van der Waals surface area contributed by atoms with Crippen LogP contribution >= 0.6 is 23.2 Å². The average molecular weight is 300 g/mol. The summed E-state index contributed by atoms with van der Waals surface area (Å²) in [5.74, 6) is 0.322. The van der Waals surface area contributed by atoms with E-state index in [1.54, 1.807) is 0 Å². The Morgan fingerprint density at radius 3 is 2.72 bits per heavy atom. The van der Waals surface area contributed by atoms with Crippen LogP contribution in [0.3, 0.4) is 0 Å². The Balaban J connectivity index is 2.70. The molecule has 0 bridgehead atoms. The molecule has 0 spiro atoms. The molecule has 0 aliphatic carbocycles. The van der Waals surface area contributed by atoms with Gasteiger partial charge in [-0.15, -0.1) is 11.6 Å². The number of rotatable bonds is 7. The van der Waals surface area contributed by atoms with E-state index in [9.17, 15) is 13.9 Å². The number of hydrogen-bond donors (Lipinski definition) is 2. The summed E-state index contributed by atoms with van der Waals surface area (Å²) in [5.41, 5.74) is 0.437. The van der Waals surface area contributed by atoms with Gasteiger partial charge in [-0.2, -0.15) is 0 Å². The molecule has 0 radical (unpaired) electrons. The molecule has 1 aromatic rings. The number of hydrogen-bond acceptors (Lipinski definition) is 3. The van der Waals surface area contributed by atoms with Crippen molar-refractivity contribution in [1.82, 2.24) is 0 Å². The third-order valence-electron chi connectivity index (χ3n) is 2.01. The van der Waals surface area contributed by atoms with Gasteiger partial charge in [-0.05, 0) is 18.2 Å². The number of alkyl halides is 3. The molecule has 7 heteroatoms. The van der Waals surface area contributed by atoms with Crippen molar-refractivity contribution in [3.05, 3.63) is 23.2 Å². The summed E-state index contributed by atoms with van der Waals surface area (Å²) < 4.78 is 29.1. The van der Waals surface area contributed by atoms with E-state index in [1.165, 1.54) is 18.2 Å². The molecule has 1 unspecified atom stereocenters. The summed E-state index contributed by atoms with van der Waals surface area (Å²) in [7, 11) is 0. The molecule has 0 aromatic heterocycles. The molecule has 2 N–H and O–H groups in total. The highest BCUT2D eigenvalue weighted by atomic mass is 35.5. The molecule has 0 saturated heterocycles. The average Bonchev–Trinajstić information content (AvgIpc) is 2.34. The minimum Gasteiger partial charge on any atom is -0.485 e. The first-order valence-electron chi connectivity index (χ1n) is 5.21. The normalized spacial score (nSPS) is 12.6. The molecule has 0 heterocycles. The van der Waals surface area contributed by atoms with Gasteiger partial charge in [-0.3, -0.25) is 0 Å². The van der Waals surface area contributed by atoms with E-state index in [4.69, 9.17) is 27.9 Å². The molecule has 3 nitrogen and oxygen atoms in total. The number of benzene rings is 1. The lowest BCUT2D eigenvalue weighted by molar-refractivity contribution is 0.0822. The van der Waals surface area contributed by atoms with Crippen molar-refractivity contribution < 1.29 is 18.6 Å². The maximum absolute atomic E-state index is 12.1. The number of anilines is 1. The highest BCUT2D eigenvalue weighted by Crippen LogP contribution is 2.28. The Morgan fingerprint density at radius 1 is 1.39 bits per heavy atom. The van der Waals surface area contributed by atoms with Crippen LogP contribution in [-0.4, -0.2) is 36.7 Å². The van der Waals surface area contributed by atoms with Gasteiger partial charge in [-0.25, -0.2) is 8.78 Å². The lowest BCUT2D eigenvalue weighted by Gasteiger charge is -2.15. The number of aliphatic hydroxyl groups is 1. The summed E-state index contributed by atoms with van der Waals surface area (Å²) in [6.45, 7) is -0.525. The first-order valence-corrected chi connectivity index (χ1v) is 6.12. The molecule has 1 rings (SSSR count). The Kier molecular flexibility index (Phi) is 6.46. The first-order chi connectivity index (χ1) is 8.52. The predicted octanol–water partition coefficient (Wildman–Crippen LogP) is 3.00. The maximum Gasteiger partial charge on any atom is 0.272 e. The van der Waals surface area contributed by atoms with Crippen LogP contribution in [0.1, 0.15) is 0 Å². The van der Waals surface area contributed by atoms with Crippen LogP contribution in [0.25, 0.3) is 0 Å². The van der Waals surface area contributed by atoms with Gasteiger partial charge in [0.05, 0.1) is 17.7 Å². The van der Waals surface area contributed by atoms with E-state index < -0.39 is 19.1 Å². The van der Waals surface area contributed by atoms with Crippen molar-refractivity contribution in [3.8, 4) is 5.75 Å². The van der Waals surface area contributed by atoms with Crippen LogP contribution in [-0.2, 0) is 0 Å². The highest BCUT2D eigenvalue weighted by molar-refractivity contribution is 6.30. The van der Waals surface area contributed by atoms with Gasteiger partial charge in [0.25, 0.3) is 6.43 Å². The number of aliphatic hydroxyl groups excluding tert-OH is 1. The van der Waals surface area contributed by atoms with Gasteiger partial charge >= 0.3 is 0 Å². The molecule has 0 aliphatic heterocycles. The quantitative estimate of drug-likeness (QED) is 0.761. The number of nitrogens with one attached hydrogen (secondary N) is 1. The molecular weight excluding hydrogens is 287 g/mol. The third kappa shape index (κ3) is 5.25. The van der Waals surface area contributed by atoms with Gasteiger partial charge < -0.3 is 15.2 Å². The maximum atomic E-state index is 12.1. The van der Waals surface area contributed by atoms with E-state index in [1.807, 2.05) is 0 Å². The summed E-state index contributed by atoms with van der Waals surface area (Å²) in [6, 6.07) is 4.55. The smallest absolute Gasteiger partial charge is 0.272 e. The van der Waals surface area contributed by atoms with Crippen molar-refractivity contribution in [2.24, 2.45) is 0 Å². The van der Waals surface area contributed by atoms with Crippen LogP contribution in [0, 0.1) is 0 Å². The van der Waals surface area contributed by atoms with Crippen molar-refractivity contribution in [2.75, 3.05) is 24.3 Å². The fourth-order valence-electron chi connectivity index (χ4n) is 1.20. The van der Waals surface area contributed by atoms with Crippen LogP contribution in [0.5, 0.6) is 5.75 Å². The lowest BCUT2D eigenvalue weighted by atomic mass is 10.2. The van der Waals surface area contributed by atoms with Crippen LogP contribution in [0.4, 0.5) is 14.5 Å². The molecule has 1 aromatic carbocycles. The summed E-state index contributed by atoms with van der Waals surface area (Å²) >= 11 is 11.2. The topological polar surface area (TPSA) is 41.5 Å². The second-order valence-electron chi connectivity index (χ2n) is 3.53. The van der Waals surface area contributed by atoms with Crippen molar-refractivity contribution in [1.29, 1.82) is 0 Å². The fourth-order valence-corrected chi connectivity index (χ4v) is 1.48. The van der Waals surface area contributed by atoms with Crippen molar-refractivity contribution in [3.63, 3.8) is 0 Å². The molecule has 0 fully saturated rings. The molecule has 0 amide bonds. The number of ether oxygens (including phenoxy) is 1. The minimum absolute atomic E-state index is 0.0702. The molecular formula is C11H13Cl2F2NO2. The second-order valence-corrected chi connectivity index (χ2v) is 4.28.